The number of rotatable bonds is 15. The van der Waals surface area contributed by atoms with E-state index in [4.69, 9.17) is 9.47 Å². The first kappa shape index (κ1) is 35.9. The number of hydrogen-bond donors (Lipinski definition) is 3. The van der Waals surface area contributed by atoms with Gasteiger partial charge in [-0.2, -0.15) is 0 Å². The van der Waals surface area contributed by atoms with Gasteiger partial charge in [-0.3, -0.25) is 14.5 Å². The maximum Gasteiger partial charge on any atom is 0.305 e. The molecule has 0 aliphatic carbocycles. The van der Waals surface area contributed by atoms with Gasteiger partial charge in [0.2, 0.25) is 11.9 Å². The smallest absolute Gasteiger partial charge is 0.305 e. The maximum atomic E-state index is 12.6. The number of thiazole rings is 1. The van der Waals surface area contributed by atoms with Crippen LogP contribution in [0.2, 0.25) is 0 Å². The van der Waals surface area contributed by atoms with Gasteiger partial charge in [-0.15, -0.1) is 0 Å². The number of benzene rings is 2. The molecule has 4 heterocycles. The minimum Gasteiger partial charge on any atom is -0.506 e. The second kappa shape index (κ2) is 16.9. The predicted molar refractivity (Wildman–Crippen MR) is 196 cm³/mol. The summed E-state index contributed by atoms with van der Waals surface area (Å²) in [7, 11) is 1.82. The molecule has 268 valence electrons. The third kappa shape index (κ3) is 9.46. The molecule has 4 aromatic rings. The summed E-state index contributed by atoms with van der Waals surface area (Å²) in [5.41, 5.74) is 4.91. The Morgan fingerprint density at radius 1 is 1.12 bits per heavy atom. The van der Waals surface area contributed by atoms with Crippen molar-refractivity contribution in [3.05, 3.63) is 80.7 Å². The number of aromatic amines is 1. The quantitative estimate of drug-likeness (QED) is 0.158. The molecule has 2 aromatic heterocycles. The SMILES string of the molecule is Cc1ccnc(N2CCOC3(CCN(Cc4cccc(CCOCCC(=O)N(C)CCNCCc5ccc(O)c6[nH]c(=O)sc56)c4)CC3)C2)n1. The van der Waals surface area contributed by atoms with Crippen LogP contribution in [0.15, 0.2) is 53.5 Å². The van der Waals surface area contributed by atoms with Crippen LogP contribution in [0.3, 0.4) is 0 Å². The molecule has 0 bridgehead atoms. The molecule has 1 amide bonds. The van der Waals surface area contributed by atoms with Crippen molar-refractivity contribution in [2.24, 2.45) is 0 Å². The Morgan fingerprint density at radius 3 is 2.80 bits per heavy atom. The fourth-order valence-electron chi connectivity index (χ4n) is 6.80. The van der Waals surface area contributed by atoms with E-state index < -0.39 is 0 Å². The highest BCUT2D eigenvalue weighted by Crippen LogP contribution is 2.32. The van der Waals surface area contributed by atoms with Crippen molar-refractivity contribution < 1.29 is 19.4 Å². The molecule has 0 saturated carbocycles. The minimum atomic E-state index is -0.176. The van der Waals surface area contributed by atoms with Crippen LogP contribution >= 0.6 is 11.3 Å². The number of carbonyl (C=O) groups is 1. The van der Waals surface area contributed by atoms with E-state index in [-0.39, 0.29) is 22.1 Å². The fourth-order valence-corrected chi connectivity index (χ4v) is 7.70. The van der Waals surface area contributed by atoms with Crippen LogP contribution in [0.25, 0.3) is 10.2 Å². The van der Waals surface area contributed by atoms with Gasteiger partial charge < -0.3 is 34.7 Å². The number of piperidine rings is 1. The Morgan fingerprint density at radius 2 is 1.96 bits per heavy atom. The summed E-state index contributed by atoms with van der Waals surface area (Å²) in [6.45, 7) is 10.2. The van der Waals surface area contributed by atoms with Crippen LogP contribution in [0, 0.1) is 6.92 Å². The number of ether oxygens (including phenoxy) is 2. The summed E-state index contributed by atoms with van der Waals surface area (Å²) >= 11 is 1.11. The molecule has 2 saturated heterocycles. The van der Waals surface area contributed by atoms with Crippen LogP contribution in [0.1, 0.15) is 41.6 Å². The molecule has 2 aliphatic rings. The van der Waals surface area contributed by atoms with Gasteiger partial charge in [0.1, 0.15) is 11.3 Å². The van der Waals surface area contributed by atoms with E-state index in [1.807, 2.05) is 32.3 Å². The predicted octanol–water partition coefficient (Wildman–Crippen LogP) is 3.50. The maximum absolute atomic E-state index is 12.6. The summed E-state index contributed by atoms with van der Waals surface area (Å²) < 4.78 is 13.0. The summed E-state index contributed by atoms with van der Waals surface area (Å²) in [6.07, 6.45) is 5.71. The molecule has 3 N–H and O–H groups in total. The molecule has 50 heavy (non-hydrogen) atoms. The number of nitrogens with one attached hydrogen (secondary N) is 2. The monoisotopic (exact) mass is 703 g/mol. The van der Waals surface area contributed by atoms with Crippen molar-refractivity contribution >= 4 is 33.4 Å². The van der Waals surface area contributed by atoms with E-state index >= 15 is 0 Å². The number of aromatic nitrogens is 3. The molecule has 12 nitrogen and oxygen atoms in total. The number of carbonyl (C=O) groups excluding carboxylic acids is 1. The molecule has 2 aromatic carbocycles. The number of fused-ring (bicyclic) bond motifs is 1. The van der Waals surface area contributed by atoms with Crippen molar-refractivity contribution in [3.63, 3.8) is 0 Å². The molecule has 13 heteroatoms. The number of amides is 1. The number of anilines is 1. The zero-order valence-corrected chi connectivity index (χ0v) is 30.0. The van der Waals surface area contributed by atoms with Gasteiger partial charge in [0.25, 0.3) is 0 Å². The lowest BCUT2D eigenvalue weighted by Gasteiger charge is -2.47. The fraction of sp³-hybridized carbons (Fsp3) is 0.514. The van der Waals surface area contributed by atoms with Gasteiger partial charge >= 0.3 is 4.87 Å². The third-order valence-electron chi connectivity index (χ3n) is 9.73. The lowest BCUT2D eigenvalue weighted by atomic mass is 9.89. The Hall–Kier alpha value is -3.88. The first-order chi connectivity index (χ1) is 24.3. The first-order valence-corrected chi connectivity index (χ1v) is 18.4. The van der Waals surface area contributed by atoms with Crippen molar-refractivity contribution in [1.29, 1.82) is 0 Å². The molecule has 0 unspecified atom stereocenters. The summed E-state index contributed by atoms with van der Waals surface area (Å²) in [5.74, 6) is 0.952. The molecule has 1 spiro atoms. The van der Waals surface area contributed by atoms with Crippen LogP contribution in [0.5, 0.6) is 5.75 Å². The second-order valence-corrected chi connectivity index (χ2v) is 14.4. The van der Waals surface area contributed by atoms with E-state index in [1.54, 1.807) is 11.0 Å². The van der Waals surface area contributed by atoms with Gasteiger partial charge in [-0.25, -0.2) is 9.97 Å². The van der Waals surface area contributed by atoms with Crippen LogP contribution in [-0.2, 0) is 33.7 Å². The van der Waals surface area contributed by atoms with E-state index in [0.717, 1.165) is 91.6 Å². The lowest BCUT2D eigenvalue weighted by molar-refractivity contribution is -0.131. The Balaban J connectivity index is 0.841. The molecule has 0 radical (unpaired) electrons. The Kier molecular flexibility index (Phi) is 12.1. The lowest BCUT2D eigenvalue weighted by Crippen LogP contribution is -2.57. The number of H-pyrrole nitrogens is 1. The normalized spacial score (nSPS) is 16.3. The van der Waals surface area contributed by atoms with Crippen LogP contribution in [-0.4, -0.2) is 114 Å². The molecular formula is C37H49N7O5S. The van der Waals surface area contributed by atoms with Gasteiger partial charge in [0, 0.05) is 58.2 Å². The van der Waals surface area contributed by atoms with E-state index in [2.05, 4.69) is 54.3 Å². The number of likely N-dealkylation sites (tertiary alicyclic amines) is 1. The zero-order chi connectivity index (χ0) is 34.9. The standard InChI is InChI=1S/C37H49N7O5S/c1-27-8-15-39-35(40-27)44-20-23-49-37(26-44)12-17-43(18-13-37)25-29-5-3-4-28(24-29)10-21-48-22-11-32(46)42(2)19-16-38-14-9-30-6-7-31(45)33-34(30)50-36(47)41-33/h3-8,15,24,38,45H,9-14,16-23,25-26H2,1-2H3,(H,41,47). The number of likely N-dealkylation sites (N-methyl/N-ethyl adjacent to an activating group) is 1. The number of nitrogens with zero attached hydrogens (tertiary/aromatic N) is 5. The highest BCUT2D eigenvalue weighted by atomic mass is 32.1. The van der Waals surface area contributed by atoms with Crippen LogP contribution in [0.4, 0.5) is 5.95 Å². The summed E-state index contributed by atoms with van der Waals surface area (Å²) in [5, 5.41) is 13.3. The van der Waals surface area contributed by atoms with E-state index in [1.165, 1.54) is 11.1 Å². The van der Waals surface area contributed by atoms with Crippen LogP contribution < -0.4 is 15.1 Å². The number of morpholine rings is 1. The van der Waals surface area contributed by atoms with Gasteiger partial charge in [-0.05, 0) is 68.0 Å². The zero-order valence-electron chi connectivity index (χ0n) is 29.2. The van der Waals surface area contributed by atoms with Gasteiger partial charge in [0.05, 0.1) is 43.1 Å². The second-order valence-electron chi connectivity index (χ2n) is 13.4. The topological polar surface area (TPSA) is 136 Å². The number of aryl methyl sites for hydroxylation is 1. The molecule has 2 aliphatic heterocycles. The average Bonchev–Trinajstić information content (AvgIpc) is 3.52. The third-order valence-corrected chi connectivity index (χ3v) is 10.7. The molecule has 0 atom stereocenters. The molecule has 2 fully saturated rings. The van der Waals surface area contributed by atoms with E-state index in [9.17, 15) is 14.7 Å². The molecule has 6 rings (SSSR count). The number of phenolic OH excluding ortho intramolecular Hbond substituents is 1. The van der Waals surface area contributed by atoms with Gasteiger partial charge in [0.15, 0.2) is 0 Å². The summed E-state index contributed by atoms with van der Waals surface area (Å²) in [6, 6.07) is 14.1. The van der Waals surface area contributed by atoms with Crippen molar-refractivity contribution in [1.82, 2.24) is 30.1 Å². The summed E-state index contributed by atoms with van der Waals surface area (Å²) in [4.78, 5) is 42.5. The highest BCUT2D eigenvalue weighted by molar-refractivity contribution is 7.16. The number of phenols is 1. The first-order valence-electron chi connectivity index (χ1n) is 17.6. The number of hydrogen-bond acceptors (Lipinski definition) is 11. The van der Waals surface area contributed by atoms with Crippen molar-refractivity contribution in [3.8, 4) is 5.75 Å². The van der Waals surface area contributed by atoms with Crippen molar-refractivity contribution in [2.75, 3.05) is 77.6 Å². The number of aromatic hydroxyl groups is 1. The van der Waals surface area contributed by atoms with Crippen molar-refractivity contribution in [2.45, 2.75) is 51.2 Å². The van der Waals surface area contributed by atoms with E-state index in [0.29, 0.717) is 51.4 Å². The Bertz CT molecular complexity index is 1790. The average molecular weight is 704 g/mol. The largest absolute Gasteiger partial charge is 0.506 e. The highest BCUT2D eigenvalue weighted by Gasteiger charge is 2.40. The molecular weight excluding hydrogens is 655 g/mol. The Labute approximate surface area is 297 Å². The van der Waals surface area contributed by atoms with Gasteiger partial charge in [-0.1, -0.05) is 41.7 Å². The minimum absolute atomic E-state index is 0.0595.